The number of hydrogen-bond acceptors (Lipinski definition) is 4. The van der Waals surface area contributed by atoms with Crippen LogP contribution in [0.1, 0.15) is 119 Å². The number of amides is 1. The smallest absolute Gasteiger partial charge is 0.415 e. The Balaban J connectivity index is 2.16. The Kier molecular flexibility index (Phi) is 12.5. The normalized spacial score (nSPS) is 18.9. The van der Waals surface area contributed by atoms with Crippen LogP contribution in [-0.2, 0) is 14.2 Å². The lowest BCUT2D eigenvalue weighted by Gasteiger charge is -2.34. The van der Waals surface area contributed by atoms with Crippen LogP contribution in [-0.4, -0.2) is 35.2 Å². The minimum Gasteiger partial charge on any atom is -0.476 e. The van der Waals surface area contributed by atoms with Crippen molar-refractivity contribution in [3.8, 4) is 0 Å². The molecule has 0 saturated carbocycles. The number of carbonyl (C=O) groups is 1. The van der Waals surface area contributed by atoms with E-state index in [0.717, 1.165) is 6.42 Å². The zero-order valence-corrected chi connectivity index (χ0v) is 20.5. The molecule has 0 unspecified atom stereocenters. The van der Waals surface area contributed by atoms with E-state index in [1.54, 1.807) is 11.2 Å². The molecule has 0 N–H and O–H groups in total. The molecule has 176 valence electrons. The first kappa shape index (κ1) is 26.8. The summed E-state index contributed by atoms with van der Waals surface area (Å²) in [6.07, 6.45) is 18.7. The molecule has 1 rings (SSSR count). The van der Waals surface area contributed by atoms with Gasteiger partial charge in [0.2, 0.25) is 6.23 Å². The van der Waals surface area contributed by atoms with Crippen LogP contribution in [0.15, 0.2) is 12.3 Å². The summed E-state index contributed by atoms with van der Waals surface area (Å²) in [5, 5.41) is 0. The topological polar surface area (TPSA) is 48.0 Å². The zero-order chi connectivity index (χ0) is 22.5. The second kappa shape index (κ2) is 14.0. The van der Waals surface area contributed by atoms with Gasteiger partial charge in [0, 0.05) is 0 Å². The summed E-state index contributed by atoms with van der Waals surface area (Å²) in [6.45, 7) is 11.9. The number of hydrogen-bond donors (Lipinski definition) is 0. The molecule has 0 aliphatic carbocycles. The molecule has 0 aromatic carbocycles. The quantitative estimate of drug-likeness (QED) is 0.213. The highest BCUT2D eigenvalue weighted by atomic mass is 16.6. The van der Waals surface area contributed by atoms with E-state index in [9.17, 15) is 4.79 Å². The summed E-state index contributed by atoms with van der Waals surface area (Å²) in [7, 11) is 0. The van der Waals surface area contributed by atoms with Crippen LogP contribution in [0.5, 0.6) is 0 Å². The molecule has 1 aliphatic heterocycles. The Bertz CT molecular complexity index is 496. The minimum atomic E-state index is -0.739. The van der Waals surface area contributed by atoms with Crippen molar-refractivity contribution in [2.24, 2.45) is 0 Å². The molecule has 0 bridgehead atoms. The van der Waals surface area contributed by atoms with Crippen molar-refractivity contribution in [1.82, 2.24) is 4.90 Å². The fraction of sp³-hybridized carbons (Fsp3) is 0.880. The van der Waals surface area contributed by atoms with Gasteiger partial charge in [-0.1, -0.05) is 71.1 Å². The Hall–Kier alpha value is -1.23. The first-order valence-electron chi connectivity index (χ1n) is 12.1. The van der Waals surface area contributed by atoms with Crippen LogP contribution in [0.25, 0.3) is 0 Å². The Morgan fingerprint density at radius 2 is 1.53 bits per heavy atom. The molecule has 0 spiro atoms. The van der Waals surface area contributed by atoms with Crippen LogP contribution in [0.4, 0.5) is 4.79 Å². The average molecular weight is 426 g/mol. The molecule has 1 saturated heterocycles. The van der Waals surface area contributed by atoms with Gasteiger partial charge in [0.1, 0.15) is 17.9 Å². The molecule has 1 atom stereocenters. The molecule has 5 nitrogen and oxygen atoms in total. The summed E-state index contributed by atoms with van der Waals surface area (Å²) in [5.74, 6) is 0. The summed E-state index contributed by atoms with van der Waals surface area (Å²) in [6, 6.07) is 0. The van der Waals surface area contributed by atoms with Crippen LogP contribution in [0.3, 0.4) is 0 Å². The van der Waals surface area contributed by atoms with Gasteiger partial charge in [-0.3, -0.25) is 0 Å². The molecule has 0 aromatic rings. The zero-order valence-electron chi connectivity index (χ0n) is 20.5. The fourth-order valence-corrected chi connectivity index (χ4v) is 3.66. The van der Waals surface area contributed by atoms with E-state index in [-0.39, 0.29) is 0 Å². The first-order valence-corrected chi connectivity index (χ1v) is 12.1. The van der Waals surface area contributed by atoms with Crippen LogP contribution in [0, 0.1) is 0 Å². The molecule has 1 aliphatic rings. The highest BCUT2D eigenvalue weighted by Crippen LogP contribution is 2.30. The molecule has 1 amide bonds. The van der Waals surface area contributed by atoms with Gasteiger partial charge < -0.3 is 14.2 Å². The summed E-state index contributed by atoms with van der Waals surface area (Å²) >= 11 is 0. The molecule has 1 fully saturated rings. The summed E-state index contributed by atoms with van der Waals surface area (Å²) < 4.78 is 17.1. The van der Waals surface area contributed by atoms with Gasteiger partial charge >= 0.3 is 6.09 Å². The molecule has 0 radical (unpaired) electrons. The lowest BCUT2D eigenvalue weighted by Crippen LogP contribution is -2.50. The maximum Gasteiger partial charge on any atom is 0.415 e. The van der Waals surface area contributed by atoms with E-state index in [1.165, 1.54) is 70.6 Å². The van der Waals surface area contributed by atoms with E-state index in [2.05, 4.69) is 6.92 Å². The van der Waals surface area contributed by atoms with Gasteiger partial charge in [-0.05, 0) is 53.5 Å². The van der Waals surface area contributed by atoms with Gasteiger partial charge in [0.05, 0.1) is 6.26 Å². The van der Waals surface area contributed by atoms with Crippen LogP contribution in [0.2, 0.25) is 0 Å². The minimum absolute atomic E-state index is 0.342. The van der Waals surface area contributed by atoms with Gasteiger partial charge in [-0.25, -0.2) is 9.69 Å². The number of carbonyl (C=O) groups excluding carboxylic acids is 1. The van der Waals surface area contributed by atoms with Crippen molar-refractivity contribution in [2.45, 2.75) is 136 Å². The Morgan fingerprint density at radius 3 is 2.07 bits per heavy atom. The van der Waals surface area contributed by atoms with Crippen LogP contribution >= 0.6 is 0 Å². The van der Waals surface area contributed by atoms with Crippen molar-refractivity contribution < 1.29 is 19.0 Å². The third-order valence-electron chi connectivity index (χ3n) is 5.34. The Labute approximate surface area is 185 Å². The van der Waals surface area contributed by atoms with E-state index >= 15 is 0 Å². The predicted molar refractivity (Wildman–Crippen MR) is 123 cm³/mol. The maximum atomic E-state index is 12.6. The number of allylic oxidation sites excluding steroid dienone is 1. The van der Waals surface area contributed by atoms with Crippen LogP contribution < -0.4 is 0 Å². The van der Waals surface area contributed by atoms with Gasteiger partial charge in [0.15, 0.2) is 0 Å². The molecular formula is C25H47NO4. The van der Waals surface area contributed by atoms with E-state index < -0.39 is 23.6 Å². The number of nitrogens with zero attached hydrogens (tertiary/aromatic N) is 1. The van der Waals surface area contributed by atoms with Crippen molar-refractivity contribution in [1.29, 1.82) is 0 Å². The third-order valence-corrected chi connectivity index (χ3v) is 5.34. The van der Waals surface area contributed by atoms with Crippen molar-refractivity contribution in [3.05, 3.63) is 12.3 Å². The lowest BCUT2D eigenvalue weighted by atomic mass is 10.1. The van der Waals surface area contributed by atoms with E-state index in [4.69, 9.17) is 14.2 Å². The standard InChI is InChI=1S/C25H47NO4/c1-7-8-9-10-11-12-13-14-15-16-17-18-19-20-28-22-21-29-25(5,6)26(22)23(27)30-24(2,3)4/h19-20,22H,7-18,21H2,1-6H3/t22-/m0/s1. The fourth-order valence-electron chi connectivity index (χ4n) is 3.66. The highest BCUT2D eigenvalue weighted by molar-refractivity contribution is 5.69. The first-order chi connectivity index (χ1) is 14.2. The molecule has 0 aromatic heterocycles. The monoisotopic (exact) mass is 425 g/mol. The largest absolute Gasteiger partial charge is 0.476 e. The second-order valence-corrected chi connectivity index (χ2v) is 9.89. The lowest BCUT2D eigenvalue weighted by molar-refractivity contribution is -0.0778. The summed E-state index contributed by atoms with van der Waals surface area (Å²) in [5.41, 5.74) is -1.29. The van der Waals surface area contributed by atoms with Gasteiger partial charge in [0.25, 0.3) is 0 Å². The highest BCUT2D eigenvalue weighted by Gasteiger charge is 2.46. The second-order valence-electron chi connectivity index (χ2n) is 9.89. The molecule has 1 heterocycles. The molecule has 5 heteroatoms. The number of unbranched alkanes of at least 4 members (excludes halogenated alkanes) is 11. The Morgan fingerprint density at radius 1 is 1.00 bits per heavy atom. The molecular weight excluding hydrogens is 378 g/mol. The van der Waals surface area contributed by atoms with Gasteiger partial charge in [-0.15, -0.1) is 0 Å². The maximum absolute atomic E-state index is 12.6. The average Bonchev–Trinajstić information content (AvgIpc) is 2.95. The van der Waals surface area contributed by atoms with Crippen molar-refractivity contribution in [2.75, 3.05) is 6.61 Å². The van der Waals surface area contributed by atoms with E-state index in [1.807, 2.05) is 40.7 Å². The van der Waals surface area contributed by atoms with Crippen molar-refractivity contribution in [3.63, 3.8) is 0 Å². The summed E-state index contributed by atoms with van der Waals surface area (Å²) in [4.78, 5) is 14.1. The number of rotatable bonds is 14. The third kappa shape index (κ3) is 11.2. The number of ether oxygens (including phenoxy) is 3. The SMILES string of the molecule is CCCCCCCCCCCCCC=CO[C@H]1COC(C)(C)N1C(=O)OC(C)(C)C. The predicted octanol–water partition coefficient (Wildman–Crippen LogP) is 7.55. The molecule has 30 heavy (non-hydrogen) atoms. The van der Waals surface area contributed by atoms with Gasteiger partial charge in [-0.2, -0.15) is 0 Å². The van der Waals surface area contributed by atoms with E-state index in [0.29, 0.717) is 6.61 Å². The van der Waals surface area contributed by atoms with Crippen molar-refractivity contribution >= 4 is 6.09 Å².